The van der Waals surface area contributed by atoms with Crippen molar-refractivity contribution in [2.24, 2.45) is 0 Å². The fraction of sp³-hybridized carbons (Fsp3) is 0.476. The van der Waals surface area contributed by atoms with Gasteiger partial charge in [-0.2, -0.15) is 8.78 Å². The molecule has 0 saturated carbocycles. The lowest BCUT2D eigenvalue weighted by atomic mass is 9.78. The van der Waals surface area contributed by atoms with Gasteiger partial charge in [-0.25, -0.2) is 19.6 Å². The summed E-state index contributed by atoms with van der Waals surface area (Å²) >= 11 is 0. The Hall–Kier alpha value is -3.21. The van der Waals surface area contributed by atoms with Crippen molar-refractivity contribution >= 4 is 28.4 Å². The van der Waals surface area contributed by atoms with Gasteiger partial charge in [0.15, 0.2) is 11.6 Å². The Balaban J connectivity index is 1.63. The van der Waals surface area contributed by atoms with Gasteiger partial charge in [-0.3, -0.25) is 9.69 Å². The van der Waals surface area contributed by atoms with Crippen LogP contribution in [0.5, 0.6) is 0 Å². The van der Waals surface area contributed by atoms with E-state index in [0.29, 0.717) is 22.8 Å². The van der Waals surface area contributed by atoms with Gasteiger partial charge in [0, 0.05) is 57.5 Å². The zero-order valence-electron chi connectivity index (χ0n) is 18.4. The normalized spacial score (nSPS) is 18.0. The van der Waals surface area contributed by atoms with Crippen LogP contribution in [0.15, 0.2) is 18.3 Å². The van der Waals surface area contributed by atoms with E-state index in [1.165, 1.54) is 11.6 Å². The molecule has 3 aromatic rings. The number of fused-ring (bicyclic) bond motifs is 1. The van der Waals surface area contributed by atoms with Crippen LogP contribution < -0.4 is 10.2 Å². The largest absolute Gasteiger partial charge is 0.351 e. The van der Waals surface area contributed by atoms with Crippen LogP contribution in [0.25, 0.3) is 16.7 Å². The molecular weight excluding hydrogens is 418 g/mol. The predicted octanol–water partition coefficient (Wildman–Crippen LogP) is 2.48. The van der Waals surface area contributed by atoms with Crippen molar-refractivity contribution in [2.75, 3.05) is 36.9 Å². The molecule has 0 aliphatic carbocycles. The number of rotatable bonds is 4. The van der Waals surface area contributed by atoms with Crippen LogP contribution in [0.3, 0.4) is 0 Å². The first-order valence-electron chi connectivity index (χ1n) is 10.4. The summed E-state index contributed by atoms with van der Waals surface area (Å²) in [7, 11) is 2.12. The van der Waals surface area contributed by atoms with E-state index in [9.17, 15) is 13.6 Å². The van der Waals surface area contributed by atoms with Crippen LogP contribution in [0.2, 0.25) is 0 Å². The number of pyridine rings is 1. The Morgan fingerprint density at radius 3 is 2.59 bits per heavy atom. The third kappa shape index (κ3) is 3.27. The molecule has 9 nitrogen and oxygen atoms in total. The standard InChI is InChI=1S/C21H24F2N8O/c1-12-7-17(27-19(25-12)20(3,22)23)31-15-8-16(26-13(2)32)24-9-14(15)18(28-31)30-10-21(11-30)5-6-29(21)4/h7-9H,5-6,10-11H2,1-4H3,(H,24,26,32). The lowest BCUT2D eigenvalue weighted by molar-refractivity contribution is -0.114. The number of aryl methyl sites for hydroxylation is 1. The molecule has 11 heteroatoms. The Labute approximate surface area is 183 Å². The second-order valence-corrected chi connectivity index (χ2v) is 8.83. The number of aromatic nitrogens is 5. The van der Waals surface area contributed by atoms with Gasteiger partial charge in [-0.15, -0.1) is 5.10 Å². The Morgan fingerprint density at radius 2 is 2.00 bits per heavy atom. The van der Waals surface area contributed by atoms with Crippen molar-refractivity contribution in [3.8, 4) is 5.82 Å². The fourth-order valence-corrected chi connectivity index (χ4v) is 4.37. The van der Waals surface area contributed by atoms with Gasteiger partial charge >= 0.3 is 5.92 Å². The maximum atomic E-state index is 14.0. The maximum Gasteiger partial charge on any atom is 0.303 e. The lowest BCUT2D eigenvalue weighted by Crippen LogP contribution is -2.76. The van der Waals surface area contributed by atoms with Gasteiger partial charge in [0.05, 0.1) is 16.4 Å². The van der Waals surface area contributed by atoms with Crippen LogP contribution in [0.1, 0.15) is 31.8 Å². The molecule has 0 atom stereocenters. The highest BCUT2D eigenvalue weighted by Gasteiger charge is 2.52. The van der Waals surface area contributed by atoms with Gasteiger partial charge in [0.25, 0.3) is 0 Å². The predicted molar refractivity (Wildman–Crippen MR) is 115 cm³/mol. The highest BCUT2D eigenvalue weighted by atomic mass is 19.3. The number of nitrogens with zero attached hydrogens (tertiary/aromatic N) is 7. The van der Waals surface area contributed by atoms with E-state index in [-0.39, 0.29) is 17.3 Å². The molecule has 2 fully saturated rings. The average Bonchev–Trinajstić information content (AvgIpc) is 3.03. The molecule has 5 rings (SSSR count). The number of likely N-dealkylation sites (N-methyl/N-ethyl adjacent to an activating group) is 1. The molecule has 2 aliphatic heterocycles. The van der Waals surface area contributed by atoms with Gasteiger partial charge in [0.2, 0.25) is 11.7 Å². The molecule has 5 heterocycles. The third-order valence-electron chi connectivity index (χ3n) is 6.29. The molecule has 1 amide bonds. The first-order valence-corrected chi connectivity index (χ1v) is 10.4. The van der Waals surface area contributed by atoms with E-state index in [1.807, 2.05) is 0 Å². The Kier molecular flexibility index (Phi) is 4.45. The molecule has 0 unspecified atom stereocenters. The van der Waals surface area contributed by atoms with Crippen molar-refractivity contribution < 1.29 is 13.6 Å². The number of carbonyl (C=O) groups excluding carboxylic acids is 1. The smallest absolute Gasteiger partial charge is 0.303 e. The van der Waals surface area contributed by atoms with E-state index in [1.54, 1.807) is 25.3 Å². The summed E-state index contributed by atoms with van der Waals surface area (Å²) < 4.78 is 29.5. The summed E-state index contributed by atoms with van der Waals surface area (Å²) in [6.07, 6.45) is 2.79. The molecule has 0 radical (unpaired) electrons. The number of amides is 1. The van der Waals surface area contributed by atoms with E-state index in [4.69, 9.17) is 5.10 Å². The molecule has 168 valence electrons. The number of nitrogens with one attached hydrogen (secondary N) is 1. The zero-order chi connectivity index (χ0) is 22.8. The summed E-state index contributed by atoms with van der Waals surface area (Å²) in [5.74, 6) is -2.70. The van der Waals surface area contributed by atoms with Crippen molar-refractivity contribution in [2.45, 2.75) is 38.7 Å². The number of anilines is 2. The van der Waals surface area contributed by atoms with Crippen LogP contribution in [0, 0.1) is 6.92 Å². The number of hydrogen-bond donors (Lipinski definition) is 1. The van der Waals surface area contributed by atoms with Gasteiger partial charge in [0.1, 0.15) is 5.82 Å². The minimum Gasteiger partial charge on any atom is -0.351 e. The molecular formula is C21H24F2N8O. The summed E-state index contributed by atoms with van der Waals surface area (Å²) in [6.45, 7) is 6.56. The maximum absolute atomic E-state index is 14.0. The van der Waals surface area contributed by atoms with Gasteiger partial charge in [-0.05, 0) is 20.4 Å². The summed E-state index contributed by atoms with van der Waals surface area (Å²) in [5.41, 5.74) is 1.21. The summed E-state index contributed by atoms with van der Waals surface area (Å²) in [5, 5.41) is 8.17. The second-order valence-electron chi connectivity index (χ2n) is 8.83. The van der Waals surface area contributed by atoms with Crippen molar-refractivity contribution in [3.63, 3.8) is 0 Å². The molecule has 1 spiro atoms. The van der Waals surface area contributed by atoms with E-state index >= 15 is 0 Å². The molecule has 0 bridgehead atoms. The third-order valence-corrected chi connectivity index (χ3v) is 6.29. The Bertz CT molecular complexity index is 1230. The number of hydrogen-bond acceptors (Lipinski definition) is 7. The monoisotopic (exact) mass is 442 g/mol. The fourth-order valence-electron chi connectivity index (χ4n) is 4.37. The van der Waals surface area contributed by atoms with Crippen LogP contribution in [-0.2, 0) is 10.7 Å². The molecule has 0 aromatic carbocycles. The molecule has 2 saturated heterocycles. The zero-order valence-corrected chi connectivity index (χ0v) is 18.4. The Morgan fingerprint density at radius 1 is 1.25 bits per heavy atom. The molecule has 3 aromatic heterocycles. The van der Waals surface area contributed by atoms with Crippen molar-refractivity contribution in [3.05, 3.63) is 29.8 Å². The molecule has 1 N–H and O–H groups in total. The molecule has 2 aliphatic rings. The lowest BCUT2D eigenvalue weighted by Gasteiger charge is -2.61. The topological polar surface area (TPSA) is 92.1 Å². The minimum atomic E-state index is -3.19. The van der Waals surface area contributed by atoms with Crippen LogP contribution >= 0.6 is 0 Å². The highest BCUT2D eigenvalue weighted by molar-refractivity contribution is 5.95. The number of carbonyl (C=O) groups is 1. The first-order chi connectivity index (χ1) is 15.1. The van der Waals surface area contributed by atoms with E-state index in [0.717, 1.165) is 38.4 Å². The minimum absolute atomic E-state index is 0.183. The number of alkyl halides is 2. The second kappa shape index (κ2) is 6.89. The SMILES string of the molecule is CC(=O)Nc1cc2c(cn1)c(N1CC3(CCN3C)C1)nn2-c1cc(C)nc(C(C)(F)F)n1. The number of likely N-dealkylation sites (tertiary alicyclic amines) is 1. The number of halogens is 2. The quantitative estimate of drug-likeness (QED) is 0.664. The van der Waals surface area contributed by atoms with E-state index < -0.39 is 11.7 Å². The first kappa shape index (κ1) is 20.7. The average molecular weight is 442 g/mol. The summed E-state index contributed by atoms with van der Waals surface area (Å²) in [6, 6.07) is 3.29. The summed E-state index contributed by atoms with van der Waals surface area (Å²) in [4.78, 5) is 28.4. The van der Waals surface area contributed by atoms with E-state index in [2.05, 4.69) is 37.1 Å². The molecule has 32 heavy (non-hydrogen) atoms. The van der Waals surface area contributed by atoms with Crippen molar-refractivity contribution in [1.82, 2.24) is 29.6 Å². The van der Waals surface area contributed by atoms with Crippen LogP contribution in [-0.4, -0.2) is 67.8 Å². The van der Waals surface area contributed by atoms with Crippen molar-refractivity contribution in [1.29, 1.82) is 0 Å². The van der Waals surface area contributed by atoms with Gasteiger partial charge in [-0.1, -0.05) is 0 Å². The highest BCUT2D eigenvalue weighted by Crippen LogP contribution is 2.42. The van der Waals surface area contributed by atoms with Gasteiger partial charge < -0.3 is 10.2 Å². The van der Waals surface area contributed by atoms with Crippen LogP contribution in [0.4, 0.5) is 20.4 Å².